The van der Waals surface area contributed by atoms with Crippen molar-refractivity contribution in [3.05, 3.63) is 29.6 Å². The molecule has 0 aliphatic carbocycles. The highest BCUT2D eigenvalue weighted by Crippen LogP contribution is 2.04. The quantitative estimate of drug-likeness (QED) is 0.664. The van der Waals surface area contributed by atoms with E-state index in [2.05, 4.69) is 4.98 Å². The minimum Gasteiger partial charge on any atom is -0.462 e. The Hall–Kier alpha value is -1.38. The van der Waals surface area contributed by atoms with Gasteiger partial charge in [0.05, 0.1) is 12.2 Å². The molecule has 0 saturated heterocycles. The van der Waals surface area contributed by atoms with Crippen molar-refractivity contribution >= 4 is 5.97 Å². The number of carbonyl (C=O) groups is 1. The minimum absolute atomic E-state index is 0.301. The molecule has 0 atom stereocenters. The van der Waals surface area contributed by atoms with Gasteiger partial charge in [0.25, 0.3) is 0 Å². The lowest BCUT2D eigenvalue weighted by Gasteiger charge is -2.02. The van der Waals surface area contributed by atoms with E-state index in [1.807, 2.05) is 13.0 Å². The maximum Gasteiger partial charge on any atom is 0.339 e. The molecule has 70 valence electrons. The summed E-state index contributed by atoms with van der Waals surface area (Å²) in [6.45, 7) is 4.20. The first-order valence-electron chi connectivity index (χ1n) is 4.39. The zero-order chi connectivity index (χ0) is 9.68. The second-order valence-electron chi connectivity index (χ2n) is 2.66. The van der Waals surface area contributed by atoms with Gasteiger partial charge < -0.3 is 4.74 Å². The van der Waals surface area contributed by atoms with Crippen LogP contribution in [-0.4, -0.2) is 17.6 Å². The van der Waals surface area contributed by atoms with Crippen LogP contribution in [0.15, 0.2) is 18.5 Å². The fraction of sp³-hybridized carbons (Fsp3) is 0.400. The molecule has 1 rings (SSSR count). The zero-order valence-electron chi connectivity index (χ0n) is 7.91. The van der Waals surface area contributed by atoms with Gasteiger partial charge in [-0.15, -0.1) is 0 Å². The van der Waals surface area contributed by atoms with Crippen molar-refractivity contribution in [3.8, 4) is 0 Å². The minimum atomic E-state index is -0.301. The number of pyridine rings is 1. The molecule has 0 saturated carbocycles. The highest BCUT2D eigenvalue weighted by atomic mass is 16.5. The summed E-state index contributed by atoms with van der Waals surface area (Å²) in [5.74, 6) is -0.301. The van der Waals surface area contributed by atoms with Crippen LogP contribution in [0.1, 0.15) is 29.8 Å². The lowest BCUT2D eigenvalue weighted by Crippen LogP contribution is -2.05. The number of aromatic nitrogens is 1. The Labute approximate surface area is 77.8 Å². The molecule has 0 N–H and O–H groups in total. The lowest BCUT2D eigenvalue weighted by atomic mass is 10.2. The van der Waals surface area contributed by atoms with Gasteiger partial charge in [0.15, 0.2) is 0 Å². The van der Waals surface area contributed by atoms with E-state index in [-0.39, 0.29) is 5.97 Å². The Morgan fingerprint density at radius 3 is 2.85 bits per heavy atom. The molecule has 0 aliphatic rings. The van der Waals surface area contributed by atoms with Crippen molar-refractivity contribution in [2.75, 3.05) is 6.61 Å². The molecule has 0 aromatic carbocycles. The average Bonchev–Trinajstić information content (AvgIpc) is 2.18. The van der Waals surface area contributed by atoms with Crippen molar-refractivity contribution in [1.82, 2.24) is 4.98 Å². The van der Waals surface area contributed by atoms with Crippen molar-refractivity contribution in [2.24, 2.45) is 0 Å². The Balaban J connectivity index is 2.82. The number of esters is 1. The second-order valence-corrected chi connectivity index (χ2v) is 2.66. The standard InChI is InChI=1S/C10H13NO2/c1-3-8-5-9(7-11-6-8)10(12)13-4-2/h5-7H,3-4H2,1-2H3. The molecule has 0 unspecified atom stereocenters. The van der Waals surface area contributed by atoms with Gasteiger partial charge in [-0.05, 0) is 25.0 Å². The van der Waals surface area contributed by atoms with Crippen LogP contribution in [0.25, 0.3) is 0 Å². The number of nitrogens with zero attached hydrogens (tertiary/aromatic N) is 1. The Morgan fingerprint density at radius 2 is 2.23 bits per heavy atom. The third kappa shape index (κ3) is 2.54. The Kier molecular flexibility index (Phi) is 3.43. The molecule has 13 heavy (non-hydrogen) atoms. The second kappa shape index (κ2) is 4.60. The van der Waals surface area contributed by atoms with Gasteiger partial charge in [0.2, 0.25) is 0 Å². The van der Waals surface area contributed by atoms with Gasteiger partial charge >= 0.3 is 5.97 Å². The van der Waals surface area contributed by atoms with Gasteiger partial charge in [0, 0.05) is 12.4 Å². The fourth-order valence-corrected chi connectivity index (χ4v) is 1.01. The highest BCUT2D eigenvalue weighted by molar-refractivity contribution is 5.89. The number of aryl methyl sites for hydroxylation is 1. The number of carbonyl (C=O) groups excluding carboxylic acids is 1. The van der Waals surface area contributed by atoms with Crippen LogP contribution in [0.5, 0.6) is 0 Å². The SMILES string of the molecule is CCOC(=O)c1cncc(CC)c1. The summed E-state index contributed by atoms with van der Waals surface area (Å²) in [4.78, 5) is 15.2. The predicted molar refractivity (Wildman–Crippen MR) is 49.6 cm³/mol. The molecule has 0 fully saturated rings. The van der Waals surface area contributed by atoms with E-state index >= 15 is 0 Å². The van der Waals surface area contributed by atoms with Crippen molar-refractivity contribution in [1.29, 1.82) is 0 Å². The van der Waals surface area contributed by atoms with Crippen LogP contribution in [0.4, 0.5) is 0 Å². The van der Waals surface area contributed by atoms with Crippen LogP contribution < -0.4 is 0 Å². The van der Waals surface area contributed by atoms with Gasteiger partial charge in [-0.25, -0.2) is 4.79 Å². The fourth-order valence-electron chi connectivity index (χ4n) is 1.01. The molecular formula is C10H13NO2. The molecule has 0 amide bonds. The monoisotopic (exact) mass is 179 g/mol. The van der Waals surface area contributed by atoms with E-state index in [0.29, 0.717) is 12.2 Å². The number of ether oxygens (including phenoxy) is 1. The summed E-state index contributed by atoms with van der Waals surface area (Å²) in [6, 6.07) is 1.81. The third-order valence-corrected chi connectivity index (χ3v) is 1.71. The van der Waals surface area contributed by atoms with Crippen LogP contribution >= 0.6 is 0 Å². The van der Waals surface area contributed by atoms with E-state index in [1.165, 1.54) is 6.20 Å². The van der Waals surface area contributed by atoms with Gasteiger partial charge in [-0.1, -0.05) is 6.92 Å². The van der Waals surface area contributed by atoms with E-state index < -0.39 is 0 Å². The van der Waals surface area contributed by atoms with E-state index in [0.717, 1.165) is 12.0 Å². The van der Waals surface area contributed by atoms with Gasteiger partial charge in [-0.3, -0.25) is 4.98 Å². The summed E-state index contributed by atoms with van der Waals surface area (Å²) >= 11 is 0. The summed E-state index contributed by atoms with van der Waals surface area (Å²) in [5.41, 5.74) is 1.58. The summed E-state index contributed by atoms with van der Waals surface area (Å²) in [5, 5.41) is 0. The molecule has 0 bridgehead atoms. The summed E-state index contributed by atoms with van der Waals surface area (Å²) < 4.78 is 4.85. The lowest BCUT2D eigenvalue weighted by molar-refractivity contribution is 0.0526. The smallest absolute Gasteiger partial charge is 0.339 e. The van der Waals surface area contributed by atoms with E-state index in [4.69, 9.17) is 4.74 Å². The summed E-state index contributed by atoms with van der Waals surface area (Å²) in [6.07, 6.45) is 4.15. The molecule has 0 spiro atoms. The highest BCUT2D eigenvalue weighted by Gasteiger charge is 2.06. The average molecular weight is 179 g/mol. The first kappa shape index (κ1) is 9.71. The molecule has 0 radical (unpaired) electrons. The maximum atomic E-state index is 11.3. The normalized spacial score (nSPS) is 9.69. The molecule has 3 nitrogen and oxygen atoms in total. The zero-order valence-corrected chi connectivity index (χ0v) is 7.91. The van der Waals surface area contributed by atoms with E-state index in [1.54, 1.807) is 13.1 Å². The molecule has 0 aliphatic heterocycles. The van der Waals surface area contributed by atoms with Crippen molar-refractivity contribution in [2.45, 2.75) is 20.3 Å². The molecule has 1 heterocycles. The van der Waals surface area contributed by atoms with Crippen LogP contribution in [0.2, 0.25) is 0 Å². The van der Waals surface area contributed by atoms with E-state index in [9.17, 15) is 4.79 Å². The molecule has 1 aromatic heterocycles. The largest absolute Gasteiger partial charge is 0.462 e. The topological polar surface area (TPSA) is 39.2 Å². The van der Waals surface area contributed by atoms with Crippen LogP contribution in [0.3, 0.4) is 0 Å². The van der Waals surface area contributed by atoms with Gasteiger partial charge in [-0.2, -0.15) is 0 Å². The number of hydrogen-bond acceptors (Lipinski definition) is 3. The Morgan fingerprint density at radius 1 is 1.46 bits per heavy atom. The Bertz CT molecular complexity index is 297. The third-order valence-electron chi connectivity index (χ3n) is 1.71. The predicted octanol–water partition coefficient (Wildman–Crippen LogP) is 1.82. The van der Waals surface area contributed by atoms with Crippen molar-refractivity contribution < 1.29 is 9.53 Å². The van der Waals surface area contributed by atoms with Gasteiger partial charge in [0.1, 0.15) is 0 Å². The first-order chi connectivity index (χ1) is 6.27. The first-order valence-corrected chi connectivity index (χ1v) is 4.39. The molecule has 1 aromatic rings. The molecule has 3 heteroatoms. The number of rotatable bonds is 3. The van der Waals surface area contributed by atoms with Crippen molar-refractivity contribution in [3.63, 3.8) is 0 Å². The van der Waals surface area contributed by atoms with Crippen LogP contribution in [0, 0.1) is 0 Å². The maximum absolute atomic E-state index is 11.3. The number of hydrogen-bond donors (Lipinski definition) is 0. The summed E-state index contributed by atoms with van der Waals surface area (Å²) in [7, 11) is 0. The molecular weight excluding hydrogens is 166 g/mol. The van der Waals surface area contributed by atoms with Crippen LogP contribution in [-0.2, 0) is 11.2 Å².